The molecule has 1 saturated heterocycles. The zero-order chi connectivity index (χ0) is 24.3. The second-order valence-corrected chi connectivity index (χ2v) is 8.02. The predicted octanol–water partition coefficient (Wildman–Crippen LogP) is 1.95. The van der Waals surface area contributed by atoms with Crippen molar-refractivity contribution in [2.24, 2.45) is 4.99 Å². The fourth-order valence-electron chi connectivity index (χ4n) is 3.20. The van der Waals surface area contributed by atoms with Crippen LogP contribution in [0.25, 0.3) is 11.0 Å². The molecule has 3 rings (SSSR count). The molecule has 1 aromatic carbocycles. The molecule has 0 saturated carbocycles. The van der Waals surface area contributed by atoms with Gasteiger partial charge in [-0.2, -0.15) is 0 Å². The van der Waals surface area contributed by atoms with Crippen LogP contribution in [0.2, 0.25) is 0 Å². The van der Waals surface area contributed by atoms with Crippen molar-refractivity contribution >= 4 is 62.4 Å². The summed E-state index contributed by atoms with van der Waals surface area (Å²) in [5.74, 6) is -2.27. The molecule has 11 nitrogen and oxygen atoms in total. The summed E-state index contributed by atoms with van der Waals surface area (Å²) in [5.41, 5.74) is 1.67. The molecule has 0 N–H and O–H groups in total. The highest BCUT2D eigenvalue weighted by atomic mass is 79.9. The number of aliphatic imine (C=N–C) groups is 1. The zero-order valence-corrected chi connectivity index (χ0v) is 20.0. The van der Waals surface area contributed by atoms with Gasteiger partial charge in [0.05, 0.1) is 15.7 Å². The van der Waals surface area contributed by atoms with E-state index in [1.807, 2.05) is 0 Å². The van der Waals surface area contributed by atoms with Crippen LogP contribution in [0.4, 0.5) is 5.69 Å². The Hall–Kier alpha value is -3.41. The van der Waals surface area contributed by atoms with Gasteiger partial charge in [0.1, 0.15) is 5.52 Å². The first-order valence-electron chi connectivity index (χ1n) is 10.0. The van der Waals surface area contributed by atoms with Gasteiger partial charge in [0, 0.05) is 39.3 Å². The van der Waals surface area contributed by atoms with E-state index in [0.29, 0.717) is 21.2 Å². The van der Waals surface area contributed by atoms with Crippen LogP contribution in [0, 0.1) is 0 Å². The molecule has 1 fully saturated rings. The first-order chi connectivity index (χ1) is 15.6. The lowest BCUT2D eigenvalue weighted by Crippen LogP contribution is -2.45. The van der Waals surface area contributed by atoms with E-state index in [2.05, 4.69) is 30.9 Å². The Bertz CT molecular complexity index is 1150. The standard InChI is InChI=1S/C21H22BrN5O6/c1-11(33-20(31)12(2)32-14(4)29)19(30)27-10-9-26(13(3)28)21(27)25-15-5-6-16-18(17(15)22)24-8-7-23-16/h5-8,11-12H,9-10H2,1-4H3/b25-21-/t11-,12-/m0/s1. The number of hydrogen-bond donors (Lipinski definition) is 0. The highest BCUT2D eigenvalue weighted by Gasteiger charge is 2.37. The minimum absolute atomic E-state index is 0.104. The smallest absolute Gasteiger partial charge is 0.347 e. The maximum atomic E-state index is 13.1. The van der Waals surface area contributed by atoms with Gasteiger partial charge in [0.2, 0.25) is 11.9 Å². The van der Waals surface area contributed by atoms with E-state index in [9.17, 15) is 19.2 Å². The second kappa shape index (κ2) is 10.0. The summed E-state index contributed by atoms with van der Waals surface area (Å²) in [7, 11) is 0. The summed E-state index contributed by atoms with van der Waals surface area (Å²) in [6.07, 6.45) is 0.760. The largest absolute Gasteiger partial charge is 0.451 e. The molecule has 2 amide bonds. The van der Waals surface area contributed by atoms with Gasteiger partial charge in [-0.15, -0.1) is 0 Å². The molecule has 1 aromatic heterocycles. The molecule has 2 heterocycles. The van der Waals surface area contributed by atoms with Crippen molar-refractivity contribution < 1.29 is 28.7 Å². The van der Waals surface area contributed by atoms with E-state index in [4.69, 9.17) is 9.47 Å². The predicted molar refractivity (Wildman–Crippen MR) is 120 cm³/mol. The molecule has 2 atom stereocenters. The Balaban J connectivity index is 1.89. The number of rotatable bonds is 5. The molecule has 33 heavy (non-hydrogen) atoms. The van der Waals surface area contributed by atoms with Gasteiger partial charge in [-0.25, -0.2) is 9.79 Å². The van der Waals surface area contributed by atoms with Crippen LogP contribution >= 0.6 is 15.9 Å². The fourth-order valence-corrected chi connectivity index (χ4v) is 3.72. The maximum Gasteiger partial charge on any atom is 0.347 e. The topological polar surface area (TPSA) is 131 Å². The lowest BCUT2D eigenvalue weighted by atomic mass is 10.2. The van der Waals surface area contributed by atoms with E-state index in [1.165, 1.54) is 30.6 Å². The van der Waals surface area contributed by atoms with E-state index >= 15 is 0 Å². The Morgan fingerprint density at radius 1 is 1.00 bits per heavy atom. The van der Waals surface area contributed by atoms with Gasteiger partial charge >= 0.3 is 11.9 Å². The minimum Gasteiger partial charge on any atom is -0.451 e. The molecule has 0 spiro atoms. The maximum absolute atomic E-state index is 13.1. The third kappa shape index (κ3) is 5.33. The Labute approximate surface area is 197 Å². The molecule has 12 heteroatoms. The Morgan fingerprint density at radius 3 is 2.33 bits per heavy atom. The number of fused-ring (bicyclic) bond motifs is 1. The van der Waals surface area contributed by atoms with Crippen molar-refractivity contribution in [2.45, 2.75) is 39.9 Å². The van der Waals surface area contributed by atoms with Crippen molar-refractivity contribution in [1.82, 2.24) is 19.8 Å². The summed E-state index contributed by atoms with van der Waals surface area (Å²) in [6, 6.07) is 3.42. The monoisotopic (exact) mass is 519 g/mol. The van der Waals surface area contributed by atoms with E-state index in [-0.39, 0.29) is 25.0 Å². The van der Waals surface area contributed by atoms with Crippen LogP contribution in [0.3, 0.4) is 0 Å². The lowest BCUT2D eigenvalue weighted by molar-refractivity contribution is -0.171. The molecule has 0 unspecified atom stereocenters. The van der Waals surface area contributed by atoms with E-state index < -0.39 is 30.1 Å². The van der Waals surface area contributed by atoms with Crippen LogP contribution in [0.5, 0.6) is 0 Å². The summed E-state index contributed by atoms with van der Waals surface area (Å²) in [6.45, 7) is 5.68. The Kier molecular flexibility index (Phi) is 7.36. The molecular weight excluding hydrogens is 498 g/mol. The summed E-state index contributed by atoms with van der Waals surface area (Å²) in [4.78, 5) is 64.2. The van der Waals surface area contributed by atoms with Crippen LogP contribution < -0.4 is 0 Å². The van der Waals surface area contributed by atoms with Crippen LogP contribution in [-0.4, -0.2) is 74.8 Å². The zero-order valence-electron chi connectivity index (χ0n) is 18.4. The van der Waals surface area contributed by atoms with Crippen LogP contribution in [0.15, 0.2) is 34.0 Å². The van der Waals surface area contributed by atoms with Crippen LogP contribution in [0.1, 0.15) is 27.7 Å². The number of halogens is 1. The van der Waals surface area contributed by atoms with Gasteiger partial charge in [0.15, 0.2) is 12.2 Å². The summed E-state index contributed by atoms with van der Waals surface area (Å²) >= 11 is 3.47. The summed E-state index contributed by atoms with van der Waals surface area (Å²) < 4.78 is 10.5. The van der Waals surface area contributed by atoms with E-state index in [1.54, 1.807) is 24.5 Å². The van der Waals surface area contributed by atoms with Crippen molar-refractivity contribution in [3.05, 3.63) is 29.0 Å². The highest BCUT2D eigenvalue weighted by molar-refractivity contribution is 9.10. The highest BCUT2D eigenvalue weighted by Crippen LogP contribution is 2.32. The van der Waals surface area contributed by atoms with Crippen molar-refractivity contribution in [1.29, 1.82) is 0 Å². The molecular formula is C21H22BrN5O6. The molecule has 2 aromatic rings. The SMILES string of the molecule is CC(=O)O[C@@H](C)C(=O)O[C@@H](C)C(=O)N1CCN(C(C)=O)/C1=N/c1ccc2nccnc2c1Br. The molecule has 1 aliphatic rings. The van der Waals surface area contributed by atoms with Crippen molar-refractivity contribution in [3.63, 3.8) is 0 Å². The molecule has 0 radical (unpaired) electrons. The average Bonchev–Trinajstić information content (AvgIpc) is 3.18. The number of guanidine groups is 1. The van der Waals surface area contributed by atoms with Crippen molar-refractivity contribution in [3.8, 4) is 0 Å². The molecule has 0 bridgehead atoms. The number of ether oxygens (including phenoxy) is 2. The minimum atomic E-state index is -1.20. The number of aromatic nitrogens is 2. The number of carbonyl (C=O) groups excluding carboxylic acids is 4. The number of esters is 2. The number of amides is 2. The Morgan fingerprint density at radius 2 is 1.67 bits per heavy atom. The van der Waals surface area contributed by atoms with Crippen LogP contribution in [-0.2, 0) is 28.7 Å². The van der Waals surface area contributed by atoms with Gasteiger partial charge in [0.25, 0.3) is 5.91 Å². The fraction of sp³-hybridized carbons (Fsp3) is 0.381. The summed E-state index contributed by atoms with van der Waals surface area (Å²) in [5, 5.41) is 0. The third-order valence-electron chi connectivity index (χ3n) is 4.77. The number of benzene rings is 1. The van der Waals surface area contributed by atoms with E-state index in [0.717, 1.165) is 6.92 Å². The first-order valence-corrected chi connectivity index (χ1v) is 10.8. The quantitative estimate of drug-likeness (QED) is 0.547. The van der Waals surface area contributed by atoms with Gasteiger partial charge in [-0.1, -0.05) is 0 Å². The van der Waals surface area contributed by atoms with Gasteiger partial charge in [-0.3, -0.25) is 34.2 Å². The number of nitrogens with zero attached hydrogens (tertiary/aromatic N) is 5. The first kappa shape index (κ1) is 24.2. The average molecular weight is 520 g/mol. The molecule has 174 valence electrons. The number of carbonyl (C=O) groups is 4. The van der Waals surface area contributed by atoms with Gasteiger partial charge < -0.3 is 9.47 Å². The molecule has 1 aliphatic heterocycles. The molecule has 0 aliphatic carbocycles. The lowest BCUT2D eigenvalue weighted by Gasteiger charge is -2.23. The van der Waals surface area contributed by atoms with Crippen molar-refractivity contribution in [2.75, 3.05) is 13.1 Å². The van der Waals surface area contributed by atoms with Gasteiger partial charge in [-0.05, 0) is 41.9 Å². The third-order valence-corrected chi connectivity index (χ3v) is 5.55. The normalized spacial score (nSPS) is 16.6. The second-order valence-electron chi connectivity index (χ2n) is 7.23. The number of hydrogen-bond acceptors (Lipinski definition) is 9.